The van der Waals surface area contributed by atoms with E-state index in [1.807, 2.05) is 6.92 Å². The Bertz CT molecular complexity index is 34.1. The summed E-state index contributed by atoms with van der Waals surface area (Å²) < 4.78 is 3.67. The molecule has 0 aromatic carbocycles. The van der Waals surface area contributed by atoms with E-state index in [1.54, 1.807) is 0 Å². The van der Waals surface area contributed by atoms with Crippen LogP contribution in [0, 0.1) is 0 Å². The fourth-order valence-electron chi connectivity index (χ4n) is 0. The standard InChI is InChI=1S/C2H5Cl.CHBrO2/c1-2-3;2-4-1-3/h2H2,1H3;1H. The highest BCUT2D eigenvalue weighted by Crippen LogP contribution is 1.70. The molecule has 0 aromatic heterocycles. The minimum absolute atomic E-state index is 0.292. The Hall–Kier alpha value is 0.240. The minimum atomic E-state index is 0.292. The Morgan fingerprint density at radius 1 is 2.00 bits per heavy atom. The normalized spacial score (nSPS) is 5.57. The average molecular weight is 189 g/mol. The molecule has 0 unspecified atom stereocenters. The van der Waals surface area contributed by atoms with Crippen molar-refractivity contribution in [1.82, 2.24) is 0 Å². The molecule has 0 saturated heterocycles. The van der Waals surface area contributed by atoms with Crippen LogP contribution in [0.4, 0.5) is 0 Å². The van der Waals surface area contributed by atoms with E-state index in [1.165, 1.54) is 0 Å². The van der Waals surface area contributed by atoms with Crippen LogP contribution < -0.4 is 0 Å². The van der Waals surface area contributed by atoms with Gasteiger partial charge in [-0.3, -0.25) is 4.79 Å². The van der Waals surface area contributed by atoms with Crippen molar-refractivity contribution in [3.63, 3.8) is 0 Å². The van der Waals surface area contributed by atoms with Crippen molar-refractivity contribution in [2.24, 2.45) is 0 Å². The molecule has 0 aliphatic rings. The first-order valence-electron chi connectivity index (χ1n) is 1.60. The summed E-state index contributed by atoms with van der Waals surface area (Å²) in [6.45, 7) is 2.18. The summed E-state index contributed by atoms with van der Waals surface area (Å²) in [4.78, 5) is 8.90. The SMILES string of the molecule is CCCl.O=COBr. The van der Waals surface area contributed by atoms with Gasteiger partial charge in [0.25, 0.3) is 0 Å². The van der Waals surface area contributed by atoms with E-state index in [-0.39, 0.29) is 0 Å². The second-order valence-corrected chi connectivity index (χ2v) is 1.36. The zero-order valence-electron chi connectivity index (χ0n) is 3.86. The molecule has 44 valence electrons. The summed E-state index contributed by atoms with van der Waals surface area (Å²) in [6.07, 6.45) is 0. The maximum Gasteiger partial charge on any atom is 0.304 e. The maximum atomic E-state index is 8.90. The first-order chi connectivity index (χ1) is 3.33. The quantitative estimate of drug-likeness (QED) is 0.464. The molecule has 0 atom stereocenters. The predicted molar refractivity (Wildman–Crippen MR) is 32.5 cm³/mol. The Labute approximate surface area is 56.2 Å². The van der Waals surface area contributed by atoms with Crippen LogP contribution in [0.5, 0.6) is 0 Å². The number of hydrogen-bond acceptors (Lipinski definition) is 2. The van der Waals surface area contributed by atoms with Crippen LogP contribution >= 0.6 is 27.9 Å². The lowest BCUT2D eigenvalue weighted by molar-refractivity contribution is -0.118. The van der Waals surface area contributed by atoms with Crippen LogP contribution in [0.2, 0.25) is 0 Å². The van der Waals surface area contributed by atoms with Gasteiger partial charge in [-0.05, 0) is 0 Å². The number of carbonyl (C=O) groups is 1. The zero-order chi connectivity index (χ0) is 6.12. The summed E-state index contributed by atoms with van der Waals surface area (Å²) in [5.74, 6) is 0.722. The molecule has 7 heavy (non-hydrogen) atoms. The number of carbonyl (C=O) groups excluding carboxylic acids is 1. The van der Waals surface area contributed by atoms with Crippen LogP contribution in [-0.2, 0) is 8.62 Å². The molecule has 0 N–H and O–H groups in total. The fourth-order valence-corrected chi connectivity index (χ4v) is 0. The molecule has 0 amide bonds. The summed E-state index contributed by atoms with van der Waals surface area (Å²) in [7, 11) is 0. The Balaban J connectivity index is 0. The van der Waals surface area contributed by atoms with Gasteiger partial charge in [0, 0.05) is 5.88 Å². The van der Waals surface area contributed by atoms with Gasteiger partial charge in [-0.25, -0.2) is 0 Å². The first kappa shape index (κ1) is 10.3. The van der Waals surface area contributed by atoms with Crippen molar-refractivity contribution >= 4 is 34.3 Å². The number of hydrogen-bond donors (Lipinski definition) is 0. The van der Waals surface area contributed by atoms with Crippen LogP contribution in [0.25, 0.3) is 0 Å². The lowest BCUT2D eigenvalue weighted by Crippen LogP contribution is -1.56. The molecule has 0 bridgehead atoms. The maximum absolute atomic E-state index is 8.90. The molecule has 0 saturated carbocycles. The summed E-state index contributed by atoms with van der Waals surface area (Å²) in [6, 6.07) is 0. The lowest BCUT2D eigenvalue weighted by atomic mass is 11.0. The van der Waals surface area contributed by atoms with Crippen LogP contribution in [-0.4, -0.2) is 12.4 Å². The van der Waals surface area contributed by atoms with Crippen molar-refractivity contribution in [2.45, 2.75) is 6.92 Å². The minimum Gasteiger partial charge on any atom is -0.386 e. The zero-order valence-corrected chi connectivity index (χ0v) is 6.20. The molecule has 0 spiro atoms. The van der Waals surface area contributed by atoms with E-state index in [4.69, 9.17) is 16.4 Å². The van der Waals surface area contributed by atoms with E-state index in [9.17, 15) is 0 Å². The van der Waals surface area contributed by atoms with Crippen molar-refractivity contribution in [1.29, 1.82) is 0 Å². The van der Waals surface area contributed by atoms with Gasteiger partial charge in [0.2, 0.25) is 0 Å². The third kappa shape index (κ3) is 73.0. The highest BCUT2D eigenvalue weighted by Gasteiger charge is 1.49. The molecule has 0 aliphatic heterocycles. The van der Waals surface area contributed by atoms with Gasteiger partial charge >= 0.3 is 6.47 Å². The molecule has 0 heterocycles. The van der Waals surface area contributed by atoms with Crippen LogP contribution in [0.3, 0.4) is 0 Å². The predicted octanol–water partition coefficient (Wildman–Crippen LogP) is 1.71. The third-order valence-corrected chi connectivity index (χ3v) is 0.189. The second kappa shape index (κ2) is 16.3. The van der Waals surface area contributed by atoms with Gasteiger partial charge in [-0.15, -0.1) is 11.6 Å². The number of rotatable bonds is 1. The molecule has 0 radical (unpaired) electrons. The molecule has 0 aliphatic carbocycles. The second-order valence-electron chi connectivity index (χ2n) is 0.453. The van der Waals surface area contributed by atoms with Gasteiger partial charge in [0.1, 0.15) is 0 Å². The molecule has 0 fully saturated rings. The van der Waals surface area contributed by atoms with Gasteiger partial charge < -0.3 is 3.83 Å². The van der Waals surface area contributed by atoms with E-state index in [0.717, 1.165) is 5.88 Å². The molecule has 0 aromatic rings. The van der Waals surface area contributed by atoms with Gasteiger partial charge in [0.15, 0.2) is 16.3 Å². The molecule has 2 nitrogen and oxygen atoms in total. The average Bonchev–Trinajstić information content (AvgIpc) is 1.69. The van der Waals surface area contributed by atoms with E-state index in [0.29, 0.717) is 6.47 Å². The van der Waals surface area contributed by atoms with E-state index >= 15 is 0 Å². The Morgan fingerprint density at radius 3 is 2.14 bits per heavy atom. The van der Waals surface area contributed by atoms with Crippen LogP contribution in [0.15, 0.2) is 0 Å². The smallest absolute Gasteiger partial charge is 0.304 e. The Morgan fingerprint density at radius 2 is 2.14 bits per heavy atom. The fraction of sp³-hybridized carbons (Fsp3) is 0.667. The summed E-state index contributed by atoms with van der Waals surface area (Å²) >= 11 is 7.38. The van der Waals surface area contributed by atoms with Crippen molar-refractivity contribution < 1.29 is 8.62 Å². The van der Waals surface area contributed by atoms with Crippen molar-refractivity contribution in [3.8, 4) is 0 Å². The monoisotopic (exact) mass is 188 g/mol. The lowest BCUT2D eigenvalue weighted by Gasteiger charge is -1.60. The van der Waals surface area contributed by atoms with Crippen molar-refractivity contribution in [3.05, 3.63) is 0 Å². The highest BCUT2D eigenvalue weighted by molar-refractivity contribution is 9.06. The molecule has 0 rings (SSSR count). The number of alkyl halides is 1. The summed E-state index contributed by atoms with van der Waals surface area (Å²) in [5.41, 5.74) is 0. The van der Waals surface area contributed by atoms with E-state index < -0.39 is 0 Å². The highest BCUT2D eigenvalue weighted by atomic mass is 79.9. The van der Waals surface area contributed by atoms with Crippen molar-refractivity contribution in [2.75, 3.05) is 5.88 Å². The van der Waals surface area contributed by atoms with E-state index in [2.05, 4.69) is 20.1 Å². The van der Waals surface area contributed by atoms with Gasteiger partial charge in [-0.1, -0.05) is 6.92 Å². The number of halogens is 2. The molecular formula is C3H6BrClO2. The topological polar surface area (TPSA) is 26.3 Å². The van der Waals surface area contributed by atoms with Gasteiger partial charge in [0.05, 0.1) is 0 Å². The first-order valence-corrected chi connectivity index (χ1v) is 2.78. The molecular weight excluding hydrogens is 183 g/mol. The largest absolute Gasteiger partial charge is 0.386 e. The molecule has 4 heteroatoms. The summed E-state index contributed by atoms with van der Waals surface area (Å²) in [5, 5.41) is 0. The third-order valence-electron chi connectivity index (χ3n) is 0.0364. The van der Waals surface area contributed by atoms with Gasteiger partial charge in [-0.2, -0.15) is 0 Å². The van der Waals surface area contributed by atoms with Crippen LogP contribution in [0.1, 0.15) is 6.92 Å². The Kier molecular flexibility index (Phi) is 23.9.